The smallest absolute Gasteiger partial charge is 0.242 e. The Morgan fingerprint density at radius 2 is 1.91 bits per heavy atom. The van der Waals surface area contributed by atoms with Crippen LogP contribution in [-0.2, 0) is 16.1 Å². The highest BCUT2D eigenvalue weighted by molar-refractivity contribution is 5.96. The van der Waals surface area contributed by atoms with Crippen molar-refractivity contribution in [1.29, 1.82) is 0 Å². The predicted octanol–water partition coefficient (Wildman–Crippen LogP) is 3.43. The molecular formula is C19H28N2O2. The van der Waals surface area contributed by atoms with E-state index in [2.05, 4.69) is 16.3 Å². The summed E-state index contributed by atoms with van der Waals surface area (Å²) in [5.74, 6) is 0.627. The summed E-state index contributed by atoms with van der Waals surface area (Å²) in [6, 6.07) is 8.13. The van der Waals surface area contributed by atoms with Gasteiger partial charge in [0, 0.05) is 25.9 Å². The molecule has 1 atom stereocenters. The van der Waals surface area contributed by atoms with Gasteiger partial charge in [0.2, 0.25) is 5.91 Å². The quantitative estimate of drug-likeness (QED) is 0.865. The van der Waals surface area contributed by atoms with Gasteiger partial charge in [0.05, 0.1) is 12.6 Å². The van der Waals surface area contributed by atoms with Crippen LogP contribution in [0.4, 0.5) is 5.69 Å². The summed E-state index contributed by atoms with van der Waals surface area (Å²) in [6.07, 6.45) is 7.45. The number of ether oxygens (including phenoxy) is 1. The Labute approximate surface area is 139 Å². The summed E-state index contributed by atoms with van der Waals surface area (Å²) in [4.78, 5) is 15.3. The van der Waals surface area contributed by atoms with E-state index in [1.807, 2.05) is 18.2 Å². The molecule has 0 aromatic heterocycles. The summed E-state index contributed by atoms with van der Waals surface area (Å²) in [5, 5.41) is 3.18. The van der Waals surface area contributed by atoms with Crippen LogP contribution in [-0.4, -0.2) is 37.1 Å². The van der Waals surface area contributed by atoms with E-state index in [0.717, 1.165) is 31.6 Å². The second-order valence-electron chi connectivity index (χ2n) is 6.81. The second kappa shape index (κ2) is 7.93. The minimum atomic E-state index is -0.0318. The number of methoxy groups -OCH3 is 1. The van der Waals surface area contributed by atoms with Crippen molar-refractivity contribution in [2.75, 3.05) is 25.6 Å². The van der Waals surface area contributed by atoms with Gasteiger partial charge < -0.3 is 10.1 Å². The molecule has 4 heteroatoms. The van der Waals surface area contributed by atoms with Crippen molar-refractivity contribution in [2.24, 2.45) is 5.92 Å². The van der Waals surface area contributed by atoms with Crippen LogP contribution in [0.25, 0.3) is 0 Å². The molecule has 0 spiro atoms. The Bertz CT molecular complexity index is 524. The van der Waals surface area contributed by atoms with E-state index >= 15 is 0 Å². The molecule has 0 saturated heterocycles. The highest BCUT2D eigenvalue weighted by Crippen LogP contribution is 2.32. The molecular weight excluding hydrogens is 288 g/mol. The molecule has 3 rings (SSSR count). The van der Waals surface area contributed by atoms with Crippen molar-refractivity contribution in [3.63, 3.8) is 0 Å². The van der Waals surface area contributed by atoms with Crippen molar-refractivity contribution < 1.29 is 9.53 Å². The van der Waals surface area contributed by atoms with Crippen molar-refractivity contribution in [2.45, 2.75) is 51.1 Å². The van der Waals surface area contributed by atoms with Crippen LogP contribution >= 0.6 is 0 Å². The maximum Gasteiger partial charge on any atom is 0.242 e. The lowest BCUT2D eigenvalue weighted by atomic mass is 9.90. The summed E-state index contributed by atoms with van der Waals surface area (Å²) >= 11 is 0. The molecule has 2 aliphatic rings. The normalized spacial score (nSPS) is 23.7. The first-order valence-corrected chi connectivity index (χ1v) is 8.91. The Balaban J connectivity index is 1.86. The van der Waals surface area contributed by atoms with Gasteiger partial charge in [-0.3, -0.25) is 9.69 Å². The van der Waals surface area contributed by atoms with Gasteiger partial charge in [-0.2, -0.15) is 0 Å². The first-order valence-electron chi connectivity index (χ1n) is 8.91. The number of nitrogens with one attached hydrogen (secondary N) is 1. The van der Waals surface area contributed by atoms with Gasteiger partial charge in [-0.05, 0) is 30.4 Å². The summed E-state index contributed by atoms with van der Waals surface area (Å²) in [6.45, 7) is 2.29. The molecule has 126 valence electrons. The topological polar surface area (TPSA) is 41.6 Å². The minimum absolute atomic E-state index is 0.0318. The van der Waals surface area contributed by atoms with Crippen LogP contribution in [0.1, 0.15) is 44.1 Å². The predicted molar refractivity (Wildman–Crippen MR) is 92.3 cm³/mol. The zero-order valence-corrected chi connectivity index (χ0v) is 14.1. The number of benzene rings is 1. The molecule has 1 aromatic carbocycles. The fourth-order valence-electron chi connectivity index (χ4n) is 4.04. The number of amides is 1. The molecule has 23 heavy (non-hydrogen) atoms. The number of fused-ring (bicyclic) bond motifs is 1. The number of rotatable bonds is 4. The van der Waals surface area contributed by atoms with Crippen molar-refractivity contribution in [3.8, 4) is 0 Å². The number of nitrogens with zero attached hydrogens (tertiary/aromatic N) is 1. The van der Waals surface area contributed by atoms with Gasteiger partial charge in [-0.1, -0.05) is 43.9 Å². The minimum Gasteiger partial charge on any atom is -0.383 e. The van der Waals surface area contributed by atoms with Crippen LogP contribution in [0.2, 0.25) is 0 Å². The molecule has 1 aliphatic heterocycles. The van der Waals surface area contributed by atoms with Crippen LogP contribution in [0.5, 0.6) is 0 Å². The van der Waals surface area contributed by atoms with E-state index in [4.69, 9.17) is 4.74 Å². The standard InChI is InChI=1S/C19H28N2O2/c1-23-13-12-21-14-16-10-6-7-11-17(16)20-19(22)18(21)15-8-4-2-3-5-9-15/h6-7,10-11,15,18H,2-5,8-9,12-14H2,1H3,(H,20,22)/t18-/m0/s1. The number of hydrogen-bond acceptors (Lipinski definition) is 3. The molecule has 1 heterocycles. The Kier molecular flexibility index (Phi) is 5.68. The van der Waals surface area contributed by atoms with Gasteiger partial charge >= 0.3 is 0 Å². The fourth-order valence-corrected chi connectivity index (χ4v) is 4.04. The third-order valence-corrected chi connectivity index (χ3v) is 5.24. The van der Waals surface area contributed by atoms with Gasteiger partial charge in [0.25, 0.3) is 0 Å². The summed E-state index contributed by atoms with van der Waals surface area (Å²) in [7, 11) is 1.73. The monoisotopic (exact) mass is 316 g/mol. The van der Waals surface area contributed by atoms with Crippen LogP contribution in [0.3, 0.4) is 0 Å². The lowest BCUT2D eigenvalue weighted by Crippen LogP contribution is -2.48. The van der Waals surface area contributed by atoms with Crippen LogP contribution < -0.4 is 5.32 Å². The third-order valence-electron chi connectivity index (χ3n) is 5.24. The number of anilines is 1. The number of carbonyl (C=O) groups excluding carboxylic acids is 1. The molecule has 1 fully saturated rings. The van der Waals surface area contributed by atoms with E-state index in [1.165, 1.54) is 31.2 Å². The first kappa shape index (κ1) is 16.5. The average molecular weight is 316 g/mol. The maximum atomic E-state index is 13.0. The van der Waals surface area contributed by atoms with E-state index in [0.29, 0.717) is 12.5 Å². The van der Waals surface area contributed by atoms with Crippen LogP contribution in [0, 0.1) is 5.92 Å². The Morgan fingerprint density at radius 1 is 1.17 bits per heavy atom. The Morgan fingerprint density at radius 3 is 2.65 bits per heavy atom. The molecule has 0 radical (unpaired) electrons. The van der Waals surface area contributed by atoms with Crippen molar-refractivity contribution in [3.05, 3.63) is 29.8 Å². The summed E-state index contributed by atoms with van der Waals surface area (Å²) in [5.41, 5.74) is 2.17. The van der Waals surface area contributed by atoms with E-state index in [-0.39, 0.29) is 11.9 Å². The highest BCUT2D eigenvalue weighted by Gasteiger charge is 2.36. The van der Waals surface area contributed by atoms with Gasteiger partial charge in [0.15, 0.2) is 0 Å². The molecule has 1 saturated carbocycles. The van der Waals surface area contributed by atoms with Gasteiger partial charge in [0.1, 0.15) is 0 Å². The molecule has 4 nitrogen and oxygen atoms in total. The van der Waals surface area contributed by atoms with E-state index < -0.39 is 0 Å². The average Bonchev–Trinajstić information content (AvgIpc) is 2.89. The largest absolute Gasteiger partial charge is 0.383 e. The van der Waals surface area contributed by atoms with Crippen molar-refractivity contribution in [1.82, 2.24) is 4.90 Å². The third kappa shape index (κ3) is 3.93. The van der Waals surface area contributed by atoms with E-state index in [9.17, 15) is 4.79 Å². The van der Waals surface area contributed by atoms with Gasteiger partial charge in [-0.15, -0.1) is 0 Å². The highest BCUT2D eigenvalue weighted by atomic mass is 16.5. The van der Waals surface area contributed by atoms with Crippen LogP contribution in [0.15, 0.2) is 24.3 Å². The van der Waals surface area contributed by atoms with E-state index in [1.54, 1.807) is 7.11 Å². The molecule has 0 bridgehead atoms. The number of hydrogen-bond donors (Lipinski definition) is 1. The van der Waals surface area contributed by atoms with Crippen molar-refractivity contribution >= 4 is 11.6 Å². The molecule has 1 aromatic rings. The number of carbonyl (C=O) groups is 1. The number of para-hydroxylation sites is 1. The lowest BCUT2D eigenvalue weighted by molar-refractivity contribution is -0.123. The Hall–Kier alpha value is -1.39. The molecule has 1 aliphatic carbocycles. The zero-order valence-electron chi connectivity index (χ0n) is 14.1. The lowest BCUT2D eigenvalue weighted by Gasteiger charge is -2.34. The maximum absolute atomic E-state index is 13.0. The SMILES string of the molecule is COCCN1Cc2ccccc2NC(=O)[C@@H]1C1CCCCCC1. The summed E-state index contributed by atoms with van der Waals surface area (Å²) < 4.78 is 5.30. The zero-order chi connectivity index (χ0) is 16.1. The second-order valence-corrected chi connectivity index (χ2v) is 6.81. The molecule has 1 amide bonds. The fraction of sp³-hybridized carbons (Fsp3) is 0.632. The van der Waals surface area contributed by atoms with Gasteiger partial charge in [-0.25, -0.2) is 0 Å². The molecule has 0 unspecified atom stereocenters. The molecule has 1 N–H and O–H groups in total. The first-order chi connectivity index (χ1) is 11.3.